The number of aliphatic hydroxyl groups excluding tert-OH is 2. The summed E-state index contributed by atoms with van der Waals surface area (Å²) in [5.41, 5.74) is 5.56. The standard InChI is InChI=1S/C14H27NO4/c1-2-3-4-5-6-7-8-18-14-12(9-15)19-10-11(16)13(14)17/h10,12-14,16-17H,2-9,15H2,1H3/t12-,13-,14-/m1/s1. The molecule has 0 saturated heterocycles. The van der Waals surface area contributed by atoms with Crippen LogP contribution in [0.4, 0.5) is 0 Å². The minimum absolute atomic E-state index is 0.197. The van der Waals surface area contributed by atoms with Gasteiger partial charge in [0.15, 0.2) is 5.76 Å². The van der Waals surface area contributed by atoms with Crippen molar-refractivity contribution >= 4 is 0 Å². The maximum absolute atomic E-state index is 9.83. The first-order valence-corrected chi connectivity index (χ1v) is 7.25. The van der Waals surface area contributed by atoms with E-state index in [1.807, 2.05) is 0 Å². The normalized spacial score (nSPS) is 26.9. The Morgan fingerprint density at radius 3 is 2.63 bits per heavy atom. The Morgan fingerprint density at radius 2 is 1.95 bits per heavy atom. The Hall–Kier alpha value is -0.780. The number of unbranched alkanes of at least 4 members (excludes halogenated alkanes) is 5. The Kier molecular flexibility index (Phi) is 7.86. The number of aliphatic hydroxyl groups is 2. The quantitative estimate of drug-likeness (QED) is 0.558. The Bertz CT molecular complexity index is 270. The highest BCUT2D eigenvalue weighted by Crippen LogP contribution is 2.20. The van der Waals surface area contributed by atoms with Crippen molar-refractivity contribution in [2.24, 2.45) is 5.73 Å². The summed E-state index contributed by atoms with van der Waals surface area (Å²) < 4.78 is 10.8. The van der Waals surface area contributed by atoms with Gasteiger partial charge in [0.2, 0.25) is 0 Å². The molecule has 1 aliphatic heterocycles. The molecule has 0 aromatic heterocycles. The molecule has 19 heavy (non-hydrogen) atoms. The van der Waals surface area contributed by atoms with Gasteiger partial charge in [-0.2, -0.15) is 0 Å². The van der Waals surface area contributed by atoms with E-state index in [1.165, 1.54) is 25.7 Å². The van der Waals surface area contributed by atoms with E-state index in [2.05, 4.69) is 6.92 Å². The fourth-order valence-corrected chi connectivity index (χ4v) is 2.17. The van der Waals surface area contributed by atoms with E-state index in [0.29, 0.717) is 6.61 Å². The average molecular weight is 273 g/mol. The molecule has 3 atom stereocenters. The fourth-order valence-electron chi connectivity index (χ4n) is 2.17. The summed E-state index contributed by atoms with van der Waals surface area (Å²) in [5, 5.41) is 19.3. The van der Waals surface area contributed by atoms with Gasteiger partial charge in [0, 0.05) is 13.2 Å². The molecule has 5 heteroatoms. The zero-order chi connectivity index (χ0) is 14.1. The number of ether oxygens (including phenoxy) is 2. The lowest BCUT2D eigenvalue weighted by molar-refractivity contribution is -0.117. The molecule has 0 unspecified atom stereocenters. The van der Waals surface area contributed by atoms with E-state index in [9.17, 15) is 10.2 Å². The highest BCUT2D eigenvalue weighted by Gasteiger charge is 2.35. The smallest absolute Gasteiger partial charge is 0.158 e. The molecule has 0 aromatic rings. The van der Waals surface area contributed by atoms with Gasteiger partial charge < -0.3 is 25.4 Å². The van der Waals surface area contributed by atoms with Gasteiger partial charge >= 0.3 is 0 Å². The third-order valence-corrected chi connectivity index (χ3v) is 3.38. The van der Waals surface area contributed by atoms with E-state index in [1.54, 1.807) is 0 Å². The fraction of sp³-hybridized carbons (Fsp3) is 0.857. The van der Waals surface area contributed by atoms with Gasteiger partial charge in [0.1, 0.15) is 24.6 Å². The second kappa shape index (κ2) is 9.18. The largest absolute Gasteiger partial charge is 0.506 e. The summed E-state index contributed by atoms with van der Waals surface area (Å²) in [6.45, 7) is 3.00. The molecule has 0 aromatic carbocycles. The van der Waals surface area contributed by atoms with Crippen LogP contribution in [-0.2, 0) is 9.47 Å². The lowest BCUT2D eigenvalue weighted by Crippen LogP contribution is -2.48. The molecule has 5 nitrogen and oxygen atoms in total. The molecule has 0 amide bonds. The minimum atomic E-state index is -1.04. The summed E-state index contributed by atoms with van der Waals surface area (Å²) >= 11 is 0. The van der Waals surface area contributed by atoms with Crippen LogP contribution in [0.25, 0.3) is 0 Å². The Balaban J connectivity index is 2.21. The first-order chi connectivity index (χ1) is 9.20. The molecule has 0 spiro atoms. The van der Waals surface area contributed by atoms with Crippen LogP contribution in [0, 0.1) is 0 Å². The molecule has 0 aliphatic carbocycles. The molecule has 1 aliphatic rings. The molecule has 4 N–H and O–H groups in total. The van der Waals surface area contributed by atoms with Crippen molar-refractivity contribution in [1.29, 1.82) is 0 Å². The number of rotatable bonds is 9. The molecule has 1 rings (SSSR count). The molecule has 1 heterocycles. The molecule has 0 radical (unpaired) electrons. The second-order valence-corrected chi connectivity index (χ2v) is 5.00. The van der Waals surface area contributed by atoms with Crippen LogP contribution in [0.15, 0.2) is 12.0 Å². The second-order valence-electron chi connectivity index (χ2n) is 5.00. The van der Waals surface area contributed by atoms with Gasteiger partial charge in [0.05, 0.1) is 0 Å². The molecule has 0 bridgehead atoms. The zero-order valence-electron chi connectivity index (χ0n) is 11.8. The number of hydrogen-bond acceptors (Lipinski definition) is 5. The van der Waals surface area contributed by atoms with Crippen molar-refractivity contribution in [1.82, 2.24) is 0 Å². The average Bonchev–Trinajstić information content (AvgIpc) is 2.42. The maximum atomic E-state index is 9.83. The van der Waals surface area contributed by atoms with E-state index in [0.717, 1.165) is 19.1 Å². The maximum Gasteiger partial charge on any atom is 0.158 e. The molecule has 0 saturated carbocycles. The van der Waals surface area contributed by atoms with Crippen molar-refractivity contribution in [3.05, 3.63) is 12.0 Å². The lowest BCUT2D eigenvalue weighted by Gasteiger charge is -2.32. The van der Waals surface area contributed by atoms with Crippen LogP contribution in [0.1, 0.15) is 45.4 Å². The van der Waals surface area contributed by atoms with Crippen LogP contribution >= 0.6 is 0 Å². The van der Waals surface area contributed by atoms with Crippen LogP contribution in [-0.4, -0.2) is 41.7 Å². The van der Waals surface area contributed by atoms with E-state index >= 15 is 0 Å². The van der Waals surface area contributed by atoms with Gasteiger partial charge in [-0.25, -0.2) is 0 Å². The van der Waals surface area contributed by atoms with Crippen LogP contribution in [0.3, 0.4) is 0 Å². The van der Waals surface area contributed by atoms with Crippen LogP contribution < -0.4 is 5.73 Å². The molecular weight excluding hydrogens is 246 g/mol. The predicted octanol–water partition coefficient (Wildman–Crippen LogP) is 1.85. The van der Waals surface area contributed by atoms with Crippen molar-refractivity contribution in [2.45, 2.75) is 63.8 Å². The monoisotopic (exact) mass is 273 g/mol. The van der Waals surface area contributed by atoms with Gasteiger partial charge in [-0.3, -0.25) is 0 Å². The van der Waals surface area contributed by atoms with Gasteiger partial charge in [-0.15, -0.1) is 0 Å². The third-order valence-electron chi connectivity index (χ3n) is 3.38. The molecule has 112 valence electrons. The third kappa shape index (κ3) is 5.38. The molecule has 0 fully saturated rings. The van der Waals surface area contributed by atoms with Crippen molar-refractivity contribution in [3.8, 4) is 0 Å². The van der Waals surface area contributed by atoms with Gasteiger partial charge in [0.25, 0.3) is 0 Å². The summed E-state index contributed by atoms with van der Waals surface area (Å²) in [6, 6.07) is 0. The predicted molar refractivity (Wildman–Crippen MR) is 73.8 cm³/mol. The summed E-state index contributed by atoms with van der Waals surface area (Å²) in [6.07, 6.45) is 6.21. The number of nitrogens with two attached hydrogens (primary N) is 1. The lowest BCUT2D eigenvalue weighted by atomic mass is 10.0. The topological polar surface area (TPSA) is 84.9 Å². The van der Waals surface area contributed by atoms with E-state index < -0.39 is 18.3 Å². The van der Waals surface area contributed by atoms with Crippen molar-refractivity contribution in [2.75, 3.05) is 13.2 Å². The first-order valence-electron chi connectivity index (χ1n) is 7.25. The Morgan fingerprint density at radius 1 is 1.26 bits per heavy atom. The Labute approximate surface area is 115 Å². The zero-order valence-corrected chi connectivity index (χ0v) is 11.8. The summed E-state index contributed by atoms with van der Waals surface area (Å²) in [4.78, 5) is 0. The van der Waals surface area contributed by atoms with E-state index in [-0.39, 0.29) is 12.3 Å². The molecular formula is C14H27NO4. The highest BCUT2D eigenvalue weighted by atomic mass is 16.6. The van der Waals surface area contributed by atoms with Crippen LogP contribution in [0.5, 0.6) is 0 Å². The van der Waals surface area contributed by atoms with Gasteiger partial charge in [-0.1, -0.05) is 39.0 Å². The van der Waals surface area contributed by atoms with E-state index in [4.69, 9.17) is 15.2 Å². The summed E-state index contributed by atoms with van der Waals surface area (Å²) in [7, 11) is 0. The van der Waals surface area contributed by atoms with Crippen molar-refractivity contribution < 1.29 is 19.7 Å². The van der Waals surface area contributed by atoms with Crippen LogP contribution in [0.2, 0.25) is 0 Å². The summed E-state index contributed by atoms with van der Waals surface area (Å²) in [5.74, 6) is -0.197. The highest BCUT2D eigenvalue weighted by molar-refractivity contribution is 5.04. The SMILES string of the molecule is CCCCCCCCO[C@H]1[C@H](O)C(O)=CO[C@@H]1CN. The van der Waals surface area contributed by atoms with Crippen molar-refractivity contribution in [3.63, 3.8) is 0 Å². The number of hydrogen-bond donors (Lipinski definition) is 3. The minimum Gasteiger partial charge on any atom is -0.506 e. The van der Waals surface area contributed by atoms with Gasteiger partial charge in [-0.05, 0) is 6.42 Å². The first kappa shape index (κ1) is 16.3.